The van der Waals surface area contributed by atoms with Gasteiger partial charge < -0.3 is 14.5 Å². The lowest BCUT2D eigenvalue weighted by Crippen LogP contribution is -2.38. The van der Waals surface area contributed by atoms with Crippen molar-refractivity contribution >= 4 is 23.5 Å². The Morgan fingerprint density at radius 2 is 1.71 bits per heavy atom. The maximum atomic E-state index is 13.2. The fraction of sp³-hybridized carbons (Fsp3) is 0.364. The summed E-state index contributed by atoms with van der Waals surface area (Å²) < 4.78 is 5.40. The predicted octanol–water partition coefficient (Wildman–Crippen LogP) is 6.25. The number of fused-ring (bicyclic) bond motifs is 4. The molecule has 42 heavy (non-hydrogen) atoms. The molecular weight excluding hydrogens is 534 g/mol. The molecule has 0 spiro atoms. The highest BCUT2D eigenvalue weighted by Gasteiger charge is 2.38. The smallest absolute Gasteiger partial charge is 0.410 e. The molecule has 1 atom stereocenters. The highest BCUT2D eigenvalue weighted by atomic mass is 16.6. The summed E-state index contributed by atoms with van der Waals surface area (Å²) in [5, 5.41) is 10.8. The molecule has 3 aromatic carbocycles. The first-order chi connectivity index (χ1) is 20.4. The van der Waals surface area contributed by atoms with Crippen molar-refractivity contribution in [1.82, 2.24) is 9.80 Å². The van der Waals surface area contributed by atoms with Gasteiger partial charge in [0, 0.05) is 49.3 Å². The summed E-state index contributed by atoms with van der Waals surface area (Å²) in [5.74, 6) is 0.538. The first-order valence-electron chi connectivity index (χ1n) is 14.6. The van der Waals surface area contributed by atoms with Crippen molar-refractivity contribution < 1.29 is 24.0 Å². The van der Waals surface area contributed by atoms with Crippen molar-refractivity contribution in [2.45, 2.75) is 57.7 Å². The third-order valence-electron chi connectivity index (χ3n) is 8.91. The Labute approximate surface area is 244 Å². The number of rotatable bonds is 7. The SMILES string of the molecule is O=C(CCC1CCN(C(=O)OCc2ccc([N+](=O)[O-])cc2)CC1)c1ccc2c(c1)CN1C(=O)c3ccccc3C1CC2. The highest BCUT2D eigenvalue weighted by Crippen LogP contribution is 2.40. The van der Waals surface area contributed by atoms with Gasteiger partial charge in [-0.1, -0.05) is 30.3 Å². The van der Waals surface area contributed by atoms with Crippen LogP contribution in [0.25, 0.3) is 0 Å². The van der Waals surface area contributed by atoms with Crippen LogP contribution in [0.5, 0.6) is 0 Å². The van der Waals surface area contributed by atoms with E-state index in [1.54, 1.807) is 17.0 Å². The molecule has 6 rings (SSSR count). The summed E-state index contributed by atoms with van der Waals surface area (Å²) in [6.45, 7) is 1.73. The van der Waals surface area contributed by atoms with Gasteiger partial charge in [-0.15, -0.1) is 0 Å². The number of nitrogens with zero attached hydrogens (tertiary/aromatic N) is 3. The van der Waals surface area contributed by atoms with E-state index in [2.05, 4.69) is 12.1 Å². The Kier molecular flexibility index (Phi) is 7.73. The number of carbonyl (C=O) groups excluding carboxylic acids is 3. The van der Waals surface area contributed by atoms with Crippen LogP contribution in [0.4, 0.5) is 10.5 Å². The van der Waals surface area contributed by atoms with E-state index in [1.165, 1.54) is 17.7 Å². The topological polar surface area (TPSA) is 110 Å². The standard InChI is InChI=1S/C33H33N3O6/c37-31(14-7-22-15-17-34(18-16-22)33(39)42-21-23-5-11-27(12-6-23)36(40)41)25-9-8-24-10-13-30-28-3-1-2-4-29(28)32(38)35(30)20-26(24)19-25/h1-6,8-9,11-12,19,22,30H,7,10,13-18,20-21H2. The number of piperidine rings is 1. The molecule has 0 N–H and O–H groups in total. The second-order valence-corrected chi connectivity index (χ2v) is 11.4. The van der Waals surface area contributed by atoms with Crippen LogP contribution in [0.1, 0.15) is 81.1 Å². The molecule has 216 valence electrons. The van der Waals surface area contributed by atoms with Crippen molar-refractivity contribution in [3.8, 4) is 0 Å². The third kappa shape index (κ3) is 5.64. The lowest BCUT2D eigenvalue weighted by atomic mass is 9.90. The Morgan fingerprint density at radius 3 is 2.48 bits per heavy atom. The zero-order valence-electron chi connectivity index (χ0n) is 23.4. The van der Waals surface area contributed by atoms with Crippen LogP contribution in [0, 0.1) is 16.0 Å². The Morgan fingerprint density at radius 1 is 0.952 bits per heavy atom. The van der Waals surface area contributed by atoms with Crippen LogP contribution in [-0.4, -0.2) is 45.6 Å². The Bertz CT molecular complexity index is 1530. The van der Waals surface area contributed by atoms with E-state index in [0.29, 0.717) is 43.1 Å². The van der Waals surface area contributed by atoms with Gasteiger partial charge in [-0.3, -0.25) is 19.7 Å². The molecule has 3 aromatic rings. The van der Waals surface area contributed by atoms with Crippen LogP contribution in [0.3, 0.4) is 0 Å². The normalized spacial score (nSPS) is 18.1. The monoisotopic (exact) mass is 567 g/mol. The molecule has 1 fully saturated rings. The average Bonchev–Trinajstić information content (AvgIpc) is 3.15. The molecule has 3 heterocycles. The van der Waals surface area contributed by atoms with Gasteiger partial charge in [0.15, 0.2) is 5.78 Å². The largest absolute Gasteiger partial charge is 0.445 e. The molecule has 0 bridgehead atoms. The number of likely N-dealkylation sites (tertiary alicyclic amines) is 1. The average molecular weight is 568 g/mol. The number of ketones is 1. The minimum Gasteiger partial charge on any atom is -0.445 e. The van der Waals surface area contributed by atoms with Gasteiger partial charge in [0.2, 0.25) is 0 Å². The fourth-order valence-electron chi connectivity index (χ4n) is 6.44. The van der Waals surface area contributed by atoms with Crippen LogP contribution < -0.4 is 0 Å². The lowest BCUT2D eigenvalue weighted by molar-refractivity contribution is -0.384. The van der Waals surface area contributed by atoms with E-state index >= 15 is 0 Å². The Hall–Kier alpha value is -4.53. The number of benzene rings is 3. The van der Waals surface area contributed by atoms with E-state index in [0.717, 1.165) is 48.8 Å². The van der Waals surface area contributed by atoms with E-state index in [4.69, 9.17) is 4.74 Å². The molecule has 9 heteroatoms. The Balaban J connectivity index is 0.979. The number of Topliss-reactive ketones (excluding diaryl/α,β-unsaturated/α-hetero) is 1. The van der Waals surface area contributed by atoms with Gasteiger partial charge in [0.05, 0.1) is 11.0 Å². The minimum atomic E-state index is -0.466. The van der Waals surface area contributed by atoms with Crippen molar-refractivity contribution in [2.24, 2.45) is 5.92 Å². The van der Waals surface area contributed by atoms with Crippen LogP contribution in [0.2, 0.25) is 0 Å². The minimum absolute atomic E-state index is 0.00394. The second kappa shape index (κ2) is 11.8. The molecule has 9 nitrogen and oxygen atoms in total. The van der Waals surface area contributed by atoms with Gasteiger partial charge in [-0.2, -0.15) is 0 Å². The first-order valence-corrected chi connectivity index (χ1v) is 14.6. The van der Waals surface area contributed by atoms with Gasteiger partial charge >= 0.3 is 6.09 Å². The van der Waals surface area contributed by atoms with Crippen molar-refractivity contribution in [3.63, 3.8) is 0 Å². The molecule has 3 aliphatic rings. The van der Waals surface area contributed by atoms with Crippen molar-refractivity contribution in [1.29, 1.82) is 0 Å². The number of aryl methyl sites for hydroxylation is 1. The number of carbonyl (C=O) groups is 3. The maximum Gasteiger partial charge on any atom is 0.410 e. The number of amides is 2. The molecule has 3 aliphatic heterocycles. The second-order valence-electron chi connectivity index (χ2n) is 11.4. The quantitative estimate of drug-likeness (QED) is 0.190. The van der Waals surface area contributed by atoms with E-state index < -0.39 is 11.0 Å². The first kappa shape index (κ1) is 27.6. The van der Waals surface area contributed by atoms with E-state index in [9.17, 15) is 24.5 Å². The molecular formula is C33H33N3O6. The predicted molar refractivity (Wildman–Crippen MR) is 155 cm³/mol. The number of hydrogen-bond donors (Lipinski definition) is 0. The lowest BCUT2D eigenvalue weighted by Gasteiger charge is -2.31. The molecule has 0 saturated carbocycles. The van der Waals surface area contributed by atoms with Gasteiger partial charge in [0.1, 0.15) is 6.61 Å². The number of non-ortho nitro benzene ring substituents is 1. The van der Waals surface area contributed by atoms with Crippen molar-refractivity contribution in [2.75, 3.05) is 13.1 Å². The summed E-state index contributed by atoms with van der Waals surface area (Å²) >= 11 is 0. The van der Waals surface area contributed by atoms with Gasteiger partial charge in [-0.25, -0.2) is 4.79 Å². The highest BCUT2D eigenvalue weighted by molar-refractivity contribution is 5.99. The molecule has 0 aliphatic carbocycles. The number of nitro benzene ring substituents is 1. The third-order valence-corrected chi connectivity index (χ3v) is 8.91. The molecule has 1 saturated heterocycles. The van der Waals surface area contributed by atoms with E-state index in [1.807, 2.05) is 35.2 Å². The maximum absolute atomic E-state index is 13.2. The molecule has 2 amide bonds. The summed E-state index contributed by atoms with van der Waals surface area (Å²) in [6, 6.07) is 19.9. The summed E-state index contributed by atoms with van der Waals surface area (Å²) in [4.78, 5) is 52.7. The molecule has 0 radical (unpaired) electrons. The van der Waals surface area contributed by atoms with Gasteiger partial charge in [0.25, 0.3) is 11.6 Å². The number of ether oxygens (including phenoxy) is 1. The summed E-state index contributed by atoms with van der Waals surface area (Å²) in [5.41, 5.74) is 5.55. The summed E-state index contributed by atoms with van der Waals surface area (Å²) in [6.07, 6.45) is 4.20. The summed E-state index contributed by atoms with van der Waals surface area (Å²) in [7, 11) is 0. The van der Waals surface area contributed by atoms with Crippen molar-refractivity contribution in [3.05, 3.63) is 110 Å². The zero-order valence-corrected chi connectivity index (χ0v) is 23.4. The zero-order chi connectivity index (χ0) is 29.2. The molecule has 1 unspecified atom stereocenters. The number of nitro groups is 1. The van der Waals surface area contributed by atoms with Crippen LogP contribution in [-0.2, 0) is 24.3 Å². The van der Waals surface area contributed by atoms with E-state index in [-0.39, 0.29) is 30.0 Å². The number of hydrogen-bond acceptors (Lipinski definition) is 6. The van der Waals surface area contributed by atoms with Gasteiger partial charge in [-0.05, 0) is 84.5 Å². The molecule has 0 aromatic heterocycles. The fourth-order valence-corrected chi connectivity index (χ4v) is 6.44. The van der Waals surface area contributed by atoms with Crippen LogP contribution >= 0.6 is 0 Å². The van der Waals surface area contributed by atoms with Crippen LogP contribution in [0.15, 0.2) is 66.7 Å².